The standard InChI is InChI=1S/C10H13N3OS/c1-3-8-4-5-9(14-8)6-11-10-12-7(2)13-15-10/h4-5H,3,6H2,1-2H3,(H,11,12,13). The number of aromatic nitrogens is 2. The summed E-state index contributed by atoms with van der Waals surface area (Å²) in [7, 11) is 0. The molecule has 2 rings (SSSR count). The molecule has 5 heteroatoms. The lowest BCUT2D eigenvalue weighted by atomic mass is 10.3. The van der Waals surface area contributed by atoms with Gasteiger partial charge in [-0.1, -0.05) is 6.92 Å². The number of nitrogens with zero attached hydrogens (tertiary/aromatic N) is 2. The van der Waals surface area contributed by atoms with Crippen LogP contribution in [0.4, 0.5) is 5.13 Å². The highest BCUT2D eigenvalue weighted by molar-refractivity contribution is 7.09. The Morgan fingerprint density at radius 3 is 2.80 bits per heavy atom. The molecule has 2 aromatic heterocycles. The lowest BCUT2D eigenvalue weighted by Crippen LogP contribution is -1.97. The van der Waals surface area contributed by atoms with Crippen molar-refractivity contribution in [1.82, 2.24) is 9.36 Å². The van der Waals surface area contributed by atoms with Crippen LogP contribution < -0.4 is 5.32 Å². The number of nitrogens with one attached hydrogen (secondary N) is 1. The van der Waals surface area contributed by atoms with Crippen LogP contribution >= 0.6 is 11.5 Å². The van der Waals surface area contributed by atoms with Gasteiger partial charge in [0.1, 0.15) is 17.3 Å². The fourth-order valence-electron chi connectivity index (χ4n) is 1.24. The average Bonchev–Trinajstić information content (AvgIpc) is 2.83. The van der Waals surface area contributed by atoms with E-state index in [9.17, 15) is 0 Å². The molecular formula is C10H13N3OS. The third-order valence-corrected chi connectivity index (χ3v) is 2.77. The molecule has 0 saturated carbocycles. The first kappa shape index (κ1) is 10.2. The molecule has 0 amide bonds. The van der Waals surface area contributed by atoms with Crippen LogP contribution in [0, 0.1) is 6.92 Å². The van der Waals surface area contributed by atoms with Gasteiger partial charge in [-0.3, -0.25) is 0 Å². The number of aryl methyl sites for hydroxylation is 2. The zero-order chi connectivity index (χ0) is 10.7. The van der Waals surface area contributed by atoms with E-state index in [2.05, 4.69) is 21.6 Å². The number of furan rings is 1. The molecule has 0 aliphatic rings. The maximum atomic E-state index is 5.56. The Morgan fingerprint density at radius 1 is 1.40 bits per heavy atom. The largest absolute Gasteiger partial charge is 0.464 e. The zero-order valence-corrected chi connectivity index (χ0v) is 9.60. The van der Waals surface area contributed by atoms with Crippen molar-refractivity contribution in [2.45, 2.75) is 26.8 Å². The van der Waals surface area contributed by atoms with Crippen LogP contribution in [-0.4, -0.2) is 9.36 Å². The van der Waals surface area contributed by atoms with Gasteiger partial charge in [0.25, 0.3) is 0 Å². The number of hydrogen-bond acceptors (Lipinski definition) is 5. The monoisotopic (exact) mass is 223 g/mol. The summed E-state index contributed by atoms with van der Waals surface area (Å²) in [4.78, 5) is 4.21. The van der Waals surface area contributed by atoms with Crippen molar-refractivity contribution in [2.24, 2.45) is 0 Å². The molecule has 15 heavy (non-hydrogen) atoms. The molecular weight excluding hydrogens is 210 g/mol. The first-order chi connectivity index (χ1) is 7.28. The SMILES string of the molecule is CCc1ccc(CNc2nc(C)ns2)o1. The second-order valence-electron chi connectivity index (χ2n) is 3.22. The van der Waals surface area contributed by atoms with E-state index in [1.165, 1.54) is 11.5 Å². The molecule has 0 bridgehead atoms. The summed E-state index contributed by atoms with van der Waals surface area (Å²) < 4.78 is 9.64. The lowest BCUT2D eigenvalue weighted by Gasteiger charge is -1.97. The Labute approximate surface area is 92.5 Å². The molecule has 2 aromatic rings. The molecule has 1 N–H and O–H groups in total. The molecule has 0 aromatic carbocycles. The van der Waals surface area contributed by atoms with Crippen LogP contribution in [0.3, 0.4) is 0 Å². The average molecular weight is 223 g/mol. The van der Waals surface area contributed by atoms with Crippen molar-refractivity contribution in [2.75, 3.05) is 5.32 Å². The van der Waals surface area contributed by atoms with E-state index < -0.39 is 0 Å². The predicted molar refractivity (Wildman–Crippen MR) is 60.1 cm³/mol. The minimum absolute atomic E-state index is 0.661. The number of rotatable bonds is 4. The second-order valence-corrected chi connectivity index (χ2v) is 3.97. The third kappa shape index (κ3) is 2.56. The molecule has 0 aliphatic carbocycles. The Kier molecular flexibility index (Phi) is 3.01. The molecule has 0 saturated heterocycles. The Hall–Kier alpha value is -1.36. The van der Waals surface area contributed by atoms with Gasteiger partial charge in [0.05, 0.1) is 6.54 Å². The maximum absolute atomic E-state index is 5.56. The summed E-state index contributed by atoms with van der Waals surface area (Å²) in [6.45, 7) is 4.61. The molecule has 2 heterocycles. The molecule has 0 fully saturated rings. The third-order valence-electron chi connectivity index (χ3n) is 2.01. The smallest absolute Gasteiger partial charge is 0.202 e. The van der Waals surface area contributed by atoms with Gasteiger partial charge in [0.2, 0.25) is 5.13 Å². The lowest BCUT2D eigenvalue weighted by molar-refractivity contribution is 0.476. The minimum atomic E-state index is 0.661. The van der Waals surface area contributed by atoms with Gasteiger partial charge in [0, 0.05) is 18.0 Å². The van der Waals surface area contributed by atoms with E-state index in [4.69, 9.17) is 4.42 Å². The van der Waals surface area contributed by atoms with E-state index in [-0.39, 0.29) is 0 Å². The highest BCUT2D eigenvalue weighted by Crippen LogP contribution is 2.13. The molecule has 0 atom stereocenters. The van der Waals surface area contributed by atoms with Crippen LogP contribution in [0.2, 0.25) is 0 Å². The van der Waals surface area contributed by atoms with Gasteiger partial charge in [-0.15, -0.1) is 0 Å². The molecule has 0 unspecified atom stereocenters. The summed E-state index contributed by atoms with van der Waals surface area (Å²) in [5, 5.41) is 4.01. The molecule has 0 radical (unpaired) electrons. The van der Waals surface area contributed by atoms with Crippen molar-refractivity contribution < 1.29 is 4.42 Å². The zero-order valence-electron chi connectivity index (χ0n) is 8.78. The number of anilines is 1. The predicted octanol–water partition coefficient (Wildman–Crippen LogP) is 2.61. The van der Waals surface area contributed by atoms with Gasteiger partial charge < -0.3 is 9.73 Å². The topological polar surface area (TPSA) is 51.0 Å². The van der Waals surface area contributed by atoms with Crippen molar-refractivity contribution in [3.8, 4) is 0 Å². The summed E-state index contributed by atoms with van der Waals surface area (Å²) in [5.74, 6) is 2.75. The highest BCUT2D eigenvalue weighted by atomic mass is 32.1. The van der Waals surface area contributed by atoms with Gasteiger partial charge in [-0.2, -0.15) is 4.37 Å². The summed E-state index contributed by atoms with van der Waals surface area (Å²) in [6, 6.07) is 3.99. The first-order valence-electron chi connectivity index (χ1n) is 4.89. The first-order valence-corrected chi connectivity index (χ1v) is 5.67. The maximum Gasteiger partial charge on any atom is 0.202 e. The van der Waals surface area contributed by atoms with Crippen molar-refractivity contribution in [3.05, 3.63) is 29.5 Å². The van der Waals surface area contributed by atoms with Gasteiger partial charge in [0.15, 0.2) is 0 Å². The summed E-state index contributed by atoms with van der Waals surface area (Å²) >= 11 is 1.37. The molecule has 0 aliphatic heterocycles. The van der Waals surface area contributed by atoms with E-state index >= 15 is 0 Å². The van der Waals surface area contributed by atoms with Crippen LogP contribution in [0.5, 0.6) is 0 Å². The van der Waals surface area contributed by atoms with Gasteiger partial charge >= 0.3 is 0 Å². The Balaban J connectivity index is 1.93. The fourth-order valence-corrected chi connectivity index (χ4v) is 1.81. The quantitative estimate of drug-likeness (QED) is 0.865. The minimum Gasteiger partial charge on any atom is -0.464 e. The number of hydrogen-bond donors (Lipinski definition) is 1. The summed E-state index contributed by atoms with van der Waals surface area (Å²) in [6.07, 6.45) is 0.928. The molecule has 4 nitrogen and oxygen atoms in total. The fraction of sp³-hybridized carbons (Fsp3) is 0.400. The van der Waals surface area contributed by atoms with E-state index in [1.807, 2.05) is 19.1 Å². The normalized spacial score (nSPS) is 10.5. The molecule has 80 valence electrons. The van der Waals surface area contributed by atoms with Crippen LogP contribution in [0.15, 0.2) is 16.5 Å². The molecule has 0 spiro atoms. The summed E-state index contributed by atoms with van der Waals surface area (Å²) in [5.41, 5.74) is 0. The van der Waals surface area contributed by atoms with Crippen molar-refractivity contribution in [3.63, 3.8) is 0 Å². The Bertz CT molecular complexity index is 435. The van der Waals surface area contributed by atoms with Crippen LogP contribution in [0.1, 0.15) is 24.3 Å². The van der Waals surface area contributed by atoms with E-state index in [1.54, 1.807) is 0 Å². The second kappa shape index (κ2) is 4.44. The van der Waals surface area contributed by atoms with Gasteiger partial charge in [-0.25, -0.2) is 4.98 Å². The van der Waals surface area contributed by atoms with Crippen LogP contribution in [-0.2, 0) is 13.0 Å². The van der Waals surface area contributed by atoms with E-state index in [0.29, 0.717) is 6.54 Å². The van der Waals surface area contributed by atoms with Gasteiger partial charge in [-0.05, 0) is 19.1 Å². The highest BCUT2D eigenvalue weighted by Gasteiger charge is 2.02. The van der Waals surface area contributed by atoms with Crippen LogP contribution in [0.25, 0.3) is 0 Å². The van der Waals surface area contributed by atoms with E-state index in [0.717, 1.165) is 28.9 Å². The van der Waals surface area contributed by atoms with Crippen molar-refractivity contribution in [1.29, 1.82) is 0 Å². The Morgan fingerprint density at radius 2 is 2.20 bits per heavy atom. The van der Waals surface area contributed by atoms with Crippen molar-refractivity contribution >= 4 is 16.7 Å².